The van der Waals surface area contributed by atoms with E-state index in [1.807, 2.05) is 23.1 Å². The van der Waals surface area contributed by atoms with E-state index in [-0.39, 0.29) is 6.03 Å². The number of morpholine rings is 1. The van der Waals surface area contributed by atoms with Gasteiger partial charge in [0.05, 0.1) is 24.6 Å². The molecule has 0 unspecified atom stereocenters. The molecule has 3 fully saturated rings. The maximum absolute atomic E-state index is 12.8. The van der Waals surface area contributed by atoms with Gasteiger partial charge in [0.2, 0.25) is 0 Å². The summed E-state index contributed by atoms with van der Waals surface area (Å²) >= 11 is 0. The number of nitrogens with one attached hydrogen (secondary N) is 1. The van der Waals surface area contributed by atoms with Crippen LogP contribution in [0.5, 0.6) is 0 Å². The number of carbonyl (C=O) groups is 1. The van der Waals surface area contributed by atoms with Crippen LogP contribution in [-0.4, -0.2) is 74.4 Å². The number of hydrogen-bond donors (Lipinski definition) is 1. The van der Waals surface area contributed by atoms with Crippen molar-refractivity contribution in [2.45, 2.75) is 31.7 Å². The number of hydrogen-bond acceptors (Lipinski definition) is 4. The lowest BCUT2D eigenvalue weighted by molar-refractivity contribution is 0.115. The maximum Gasteiger partial charge on any atom is 0.321 e. The smallest absolute Gasteiger partial charge is 0.321 e. The van der Waals surface area contributed by atoms with Crippen molar-refractivity contribution in [3.05, 3.63) is 24.3 Å². The summed E-state index contributed by atoms with van der Waals surface area (Å²) in [5.74, 6) is 0. The molecule has 1 N–H and O–H groups in total. The van der Waals surface area contributed by atoms with Crippen LogP contribution >= 0.6 is 0 Å². The number of benzene rings is 1. The lowest BCUT2D eigenvalue weighted by Crippen LogP contribution is -2.52. The lowest BCUT2D eigenvalue weighted by Gasteiger charge is -2.38. The van der Waals surface area contributed by atoms with E-state index < -0.39 is 0 Å². The molecule has 0 spiro atoms. The number of rotatable bonds is 3. The second-order valence-corrected chi connectivity index (χ2v) is 7.51. The summed E-state index contributed by atoms with van der Waals surface area (Å²) in [5.41, 5.74) is 1.99. The van der Waals surface area contributed by atoms with Gasteiger partial charge in [-0.05, 0) is 25.0 Å². The molecule has 1 saturated carbocycles. The van der Waals surface area contributed by atoms with E-state index >= 15 is 0 Å². The summed E-state index contributed by atoms with van der Waals surface area (Å²) in [5, 5.41) is 3.15. The molecule has 3 aliphatic rings. The highest BCUT2D eigenvalue weighted by atomic mass is 16.5. The minimum Gasteiger partial charge on any atom is -0.378 e. The fourth-order valence-corrected chi connectivity index (χ4v) is 4.41. The monoisotopic (exact) mass is 358 g/mol. The van der Waals surface area contributed by atoms with Crippen molar-refractivity contribution >= 4 is 17.4 Å². The van der Waals surface area contributed by atoms with Gasteiger partial charge in [-0.25, -0.2) is 4.79 Å². The Morgan fingerprint density at radius 3 is 2.38 bits per heavy atom. The molecule has 0 atom stereocenters. The van der Waals surface area contributed by atoms with Crippen LogP contribution in [0.2, 0.25) is 0 Å². The summed E-state index contributed by atoms with van der Waals surface area (Å²) in [4.78, 5) is 19.6. The topological polar surface area (TPSA) is 48.1 Å². The predicted molar refractivity (Wildman–Crippen MR) is 104 cm³/mol. The third-order valence-corrected chi connectivity index (χ3v) is 5.94. The standard InChI is InChI=1S/C20H30N4O2/c25-20(24-11-9-22(10-12-24)17-5-1-2-6-17)21-18-7-3-4-8-19(18)23-13-15-26-16-14-23/h3-4,7-8,17H,1-2,5-6,9-16H2,(H,21,25). The number of para-hydroxylation sites is 2. The van der Waals surface area contributed by atoms with E-state index in [1.54, 1.807) is 0 Å². The second kappa shape index (κ2) is 8.27. The van der Waals surface area contributed by atoms with Crippen molar-refractivity contribution in [1.82, 2.24) is 9.80 Å². The van der Waals surface area contributed by atoms with E-state index in [1.165, 1.54) is 25.7 Å². The van der Waals surface area contributed by atoms with Crippen molar-refractivity contribution in [2.24, 2.45) is 0 Å². The average Bonchev–Trinajstić information content (AvgIpc) is 3.24. The van der Waals surface area contributed by atoms with Crippen LogP contribution in [0.15, 0.2) is 24.3 Å². The van der Waals surface area contributed by atoms with Gasteiger partial charge in [0.25, 0.3) is 0 Å². The molecule has 4 rings (SSSR count). The van der Waals surface area contributed by atoms with E-state index in [0.717, 1.165) is 69.9 Å². The van der Waals surface area contributed by atoms with Gasteiger partial charge in [-0.15, -0.1) is 0 Å². The van der Waals surface area contributed by atoms with Gasteiger partial charge in [-0.1, -0.05) is 25.0 Å². The molecule has 142 valence electrons. The molecule has 0 bridgehead atoms. The molecule has 2 saturated heterocycles. The minimum absolute atomic E-state index is 0.0248. The molecule has 0 radical (unpaired) electrons. The largest absolute Gasteiger partial charge is 0.378 e. The third-order valence-electron chi connectivity index (χ3n) is 5.94. The number of amides is 2. The highest BCUT2D eigenvalue weighted by Gasteiger charge is 2.28. The SMILES string of the molecule is O=C(Nc1ccccc1N1CCOCC1)N1CCN(C2CCCC2)CC1. The molecule has 0 aromatic heterocycles. The molecule has 1 aromatic rings. The number of ether oxygens (including phenoxy) is 1. The first-order valence-electron chi connectivity index (χ1n) is 10.0. The Kier molecular flexibility index (Phi) is 5.60. The van der Waals surface area contributed by atoms with Crippen LogP contribution in [0.25, 0.3) is 0 Å². The van der Waals surface area contributed by atoms with E-state index in [9.17, 15) is 4.79 Å². The van der Waals surface area contributed by atoms with Crippen LogP contribution in [0, 0.1) is 0 Å². The van der Waals surface area contributed by atoms with Gasteiger partial charge >= 0.3 is 6.03 Å². The van der Waals surface area contributed by atoms with Gasteiger partial charge in [0.15, 0.2) is 0 Å². The number of urea groups is 1. The fraction of sp³-hybridized carbons (Fsp3) is 0.650. The maximum atomic E-state index is 12.8. The van der Waals surface area contributed by atoms with Gasteiger partial charge in [-0.3, -0.25) is 4.90 Å². The van der Waals surface area contributed by atoms with E-state index in [0.29, 0.717) is 0 Å². The minimum atomic E-state index is 0.0248. The zero-order chi connectivity index (χ0) is 17.8. The summed E-state index contributed by atoms with van der Waals surface area (Å²) in [6, 6.07) is 8.87. The van der Waals surface area contributed by atoms with E-state index in [4.69, 9.17) is 4.74 Å². The summed E-state index contributed by atoms with van der Waals surface area (Å²) in [7, 11) is 0. The van der Waals surface area contributed by atoms with Crippen molar-refractivity contribution in [3.63, 3.8) is 0 Å². The third kappa shape index (κ3) is 3.96. The first-order chi connectivity index (χ1) is 12.8. The van der Waals surface area contributed by atoms with Gasteiger partial charge in [0, 0.05) is 45.3 Å². The number of piperazine rings is 1. The Morgan fingerprint density at radius 2 is 1.65 bits per heavy atom. The molecular formula is C20H30N4O2. The molecule has 1 aromatic carbocycles. The quantitative estimate of drug-likeness (QED) is 0.902. The molecule has 6 nitrogen and oxygen atoms in total. The van der Waals surface area contributed by atoms with Crippen LogP contribution in [0.4, 0.5) is 16.2 Å². The Hall–Kier alpha value is -1.79. The average molecular weight is 358 g/mol. The molecule has 1 aliphatic carbocycles. The Morgan fingerprint density at radius 1 is 0.962 bits per heavy atom. The van der Waals surface area contributed by atoms with Crippen LogP contribution in [0.3, 0.4) is 0 Å². The zero-order valence-electron chi connectivity index (χ0n) is 15.5. The number of nitrogens with zero attached hydrogens (tertiary/aromatic N) is 3. The Bertz CT molecular complexity index is 604. The molecule has 2 aliphatic heterocycles. The van der Waals surface area contributed by atoms with Gasteiger partial charge in [0.1, 0.15) is 0 Å². The Labute approximate surface area is 156 Å². The highest BCUT2D eigenvalue weighted by molar-refractivity contribution is 5.93. The van der Waals surface area contributed by atoms with Crippen molar-refractivity contribution in [1.29, 1.82) is 0 Å². The number of carbonyl (C=O) groups excluding carboxylic acids is 1. The lowest BCUT2D eigenvalue weighted by atomic mass is 10.2. The molecule has 2 amide bonds. The zero-order valence-corrected chi connectivity index (χ0v) is 15.5. The van der Waals surface area contributed by atoms with Crippen molar-refractivity contribution in [2.75, 3.05) is 62.7 Å². The van der Waals surface area contributed by atoms with Crippen LogP contribution in [0.1, 0.15) is 25.7 Å². The van der Waals surface area contributed by atoms with Gasteiger partial charge in [-0.2, -0.15) is 0 Å². The summed E-state index contributed by atoms with van der Waals surface area (Å²) in [6.07, 6.45) is 5.39. The summed E-state index contributed by atoms with van der Waals surface area (Å²) < 4.78 is 5.45. The molecular weight excluding hydrogens is 328 g/mol. The van der Waals surface area contributed by atoms with Crippen LogP contribution < -0.4 is 10.2 Å². The van der Waals surface area contributed by atoms with E-state index in [2.05, 4.69) is 21.2 Å². The Balaban J connectivity index is 1.35. The predicted octanol–water partition coefficient (Wildman–Crippen LogP) is 2.62. The highest BCUT2D eigenvalue weighted by Crippen LogP contribution is 2.27. The first kappa shape index (κ1) is 17.6. The number of anilines is 2. The molecule has 2 heterocycles. The first-order valence-corrected chi connectivity index (χ1v) is 10.0. The van der Waals surface area contributed by atoms with Crippen LogP contribution in [-0.2, 0) is 4.74 Å². The van der Waals surface area contributed by atoms with Crippen molar-refractivity contribution < 1.29 is 9.53 Å². The second-order valence-electron chi connectivity index (χ2n) is 7.51. The fourth-order valence-electron chi connectivity index (χ4n) is 4.41. The summed E-state index contributed by atoms with van der Waals surface area (Å²) in [6.45, 7) is 6.87. The normalized spacial score (nSPS) is 22.6. The van der Waals surface area contributed by atoms with Gasteiger partial charge < -0.3 is 19.9 Å². The van der Waals surface area contributed by atoms with Crippen molar-refractivity contribution in [3.8, 4) is 0 Å². The molecule has 26 heavy (non-hydrogen) atoms. The molecule has 6 heteroatoms.